The van der Waals surface area contributed by atoms with Crippen molar-refractivity contribution in [2.45, 2.75) is 20.3 Å². The average Bonchev–Trinajstić information content (AvgIpc) is 3.11. The van der Waals surface area contributed by atoms with Gasteiger partial charge in [0.05, 0.1) is 12.5 Å². The van der Waals surface area contributed by atoms with Gasteiger partial charge in [-0.05, 0) is 61.4 Å². The van der Waals surface area contributed by atoms with Crippen molar-refractivity contribution in [2.24, 2.45) is 5.92 Å². The van der Waals surface area contributed by atoms with Gasteiger partial charge in [-0.3, -0.25) is 29.6 Å². The molecule has 1 atom stereocenters. The summed E-state index contributed by atoms with van der Waals surface area (Å²) < 4.78 is 6.02. The lowest BCUT2D eigenvalue weighted by molar-refractivity contribution is -0.151. The molecule has 0 unspecified atom stereocenters. The van der Waals surface area contributed by atoms with Gasteiger partial charge in [-0.25, -0.2) is 0 Å². The van der Waals surface area contributed by atoms with Crippen LogP contribution in [0, 0.1) is 19.8 Å². The molecule has 0 bridgehead atoms. The van der Waals surface area contributed by atoms with E-state index in [1.807, 2.05) is 26.0 Å². The van der Waals surface area contributed by atoms with Gasteiger partial charge in [0.1, 0.15) is 0 Å². The molecule has 10 heteroatoms. The number of carbonyl (C=O) groups excluding carboxylic acids is 4. The summed E-state index contributed by atoms with van der Waals surface area (Å²) in [7, 11) is 0. The van der Waals surface area contributed by atoms with Gasteiger partial charge < -0.3 is 10.1 Å². The number of nitrogens with zero attached hydrogens (tertiary/aromatic N) is 1. The smallest absolute Gasteiger partial charge is 0.311 e. The first kappa shape index (κ1) is 23.7. The van der Waals surface area contributed by atoms with Crippen molar-refractivity contribution >= 4 is 56.9 Å². The molecule has 0 saturated carbocycles. The summed E-state index contributed by atoms with van der Waals surface area (Å²) >= 11 is 9.23. The number of hydrazine groups is 1. The molecule has 168 valence electrons. The maximum absolute atomic E-state index is 12.3. The number of rotatable bonds is 6. The number of amides is 3. The summed E-state index contributed by atoms with van der Waals surface area (Å²) in [5.74, 6) is -2.86. The topological polar surface area (TPSA) is 105 Å². The first-order valence-corrected chi connectivity index (χ1v) is 10.9. The Balaban J connectivity index is 1.50. The second-order valence-electron chi connectivity index (χ2n) is 7.43. The lowest BCUT2D eigenvalue weighted by atomic mass is 10.1. The monoisotopic (exact) mass is 521 g/mol. The fourth-order valence-corrected chi connectivity index (χ4v) is 3.70. The van der Waals surface area contributed by atoms with Crippen LogP contribution in [0.3, 0.4) is 0 Å². The number of carbonyl (C=O) groups is 4. The number of aryl methyl sites for hydroxylation is 2. The Morgan fingerprint density at radius 2 is 1.84 bits per heavy atom. The first-order valence-electron chi connectivity index (χ1n) is 9.74. The fraction of sp³-hybridized carbons (Fsp3) is 0.273. The van der Waals surface area contributed by atoms with Crippen LogP contribution in [-0.4, -0.2) is 41.9 Å². The first-order chi connectivity index (χ1) is 15.1. The predicted molar refractivity (Wildman–Crippen MR) is 122 cm³/mol. The van der Waals surface area contributed by atoms with Crippen molar-refractivity contribution in [3.8, 4) is 0 Å². The number of halogens is 2. The lowest BCUT2D eigenvalue weighted by Crippen LogP contribution is -2.43. The molecule has 3 rings (SSSR count). The lowest BCUT2D eigenvalue weighted by Gasteiger charge is -2.17. The number of anilines is 1. The maximum atomic E-state index is 12.3. The quantitative estimate of drug-likeness (QED) is 0.566. The maximum Gasteiger partial charge on any atom is 0.311 e. The number of ether oxygens (including phenoxy) is 1. The van der Waals surface area contributed by atoms with Crippen LogP contribution in [0.5, 0.6) is 0 Å². The van der Waals surface area contributed by atoms with E-state index in [1.165, 1.54) is 12.1 Å². The highest BCUT2D eigenvalue weighted by molar-refractivity contribution is 9.10. The molecule has 0 aromatic heterocycles. The molecule has 2 N–H and O–H groups in total. The molecule has 8 nitrogen and oxygen atoms in total. The molecule has 3 amide bonds. The zero-order valence-electron chi connectivity index (χ0n) is 17.4. The Kier molecular flexibility index (Phi) is 7.52. The molecule has 0 radical (unpaired) electrons. The summed E-state index contributed by atoms with van der Waals surface area (Å²) in [4.78, 5) is 49.0. The predicted octanol–water partition coefficient (Wildman–Crippen LogP) is 3.39. The molecule has 2 aromatic carbocycles. The molecule has 2 aromatic rings. The molecule has 32 heavy (non-hydrogen) atoms. The number of hydrogen-bond acceptors (Lipinski definition) is 5. The van der Waals surface area contributed by atoms with E-state index in [4.69, 9.17) is 16.3 Å². The highest BCUT2D eigenvalue weighted by Crippen LogP contribution is 2.24. The summed E-state index contributed by atoms with van der Waals surface area (Å²) in [5.41, 5.74) is 5.23. The van der Waals surface area contributed by atoms with Crippen molar-refractivity contribution in [3.63, 3.8) is 0 Å². The SMILES string of the molecule is Cc1cc(NC(=O)COC(=O)[C@@H]2CC(=O)N(NC(=O)c3ccc(Cl)cc3)C2)c(C)cc1Br. The van der Waals surface area contributed by atoms with Gasteiger partial charge in [0, 0.05) is 27.2 Å². The van der Waals surface area contributed by atoms with Gasteiger partial charge in [0.15, 0.2) is 6.61 Å². The molecule has 0 spiro atoms. The van der Waals surface area contributed by atoms with Crippen molar-refractivity contribution in [1.29, 1.82) is 0 Å². The molecule has 1 heterocycles. The molecule has 1 aliphatic rings. The van der Waals surface area contributed by atoms with E-state index in [0.717, 1.165) is 20.6 Å². The Bertz CT molecular complexity index is 1070. The summed E-state index contributed by atoms with van der Waals surface area (Å²) in [6, 6.07) is 9.87. The van der Waals surface area contributed by atoms with Crippen LogP contribution < -0.4 is 10.7 Å². The van der Waals surface area contributed by atoms with Crippen molar-refractivity contribution in [1.82, 2.24) is 10.4 Å². The summed E-state index contributed by atoms with van der Waals surface area (Å²) in [6.07, 6.45) is -0.119. The van der Waals surface area contributed by atoms with Crippen LogP contribution in [0.25, 0.3) is 0 Å². The van der Waals surface area contributed by atoms with Gasteiger partial charge in [-0.1, -0.05) is 27.5 Å². The molecular weight excluding hydrogens is 502 g/mol. The van der Waals surface area contributed by atoms with E-state index < -0.39 is 36.2 Å². The van der Waals surface area contributed by atoms with Crippen LogP contribution in [0.15, 0.2) is 40.9 Å². The molecule has 1 fully saturated rings. The summed E-state index contributed by atoms with van der Waals surface area (Å²) in [5, 5.41) is 4.27. The van der Waals surface area contributed by atoms with Crippen LogP contribution >= 0.6 is 27.5 Å². The Labute approximate surface area is 198 Å². The second kappa shape index (κ2) is 10.1. The largest absolute Gasteiger partial charge is 0.455 e. The van der Waals surface area contributed by atoms with E-state index in [0.29, 0.717) is 16.3 Å². The second-order valence-corrected chi connectivity index (χ2v) is 8.72. The summed E-state index contributed by atoms with van der Waals surface area (Å²) in [6.45, 7) is 3.23. The minimum Gasteiger partial charge on any atom is -0.455 e. The third kappa shape index (κ3) is 5.86. The Hall–Kier alpha value is -2.91. The molecule has 1 aliphatic heterocycles. The van der Waals surface area contributed by atoms with Crippen molar-refractivity contribution in [2.75, 3.05) is 18.5 Å². The molecule has 1 saturated heterocycles. The average molecular weight is 523 g/mol. The van der Waals surface area contributed by atoms with Crippen LogP contribution in [0.4, 0.5) is 5.69 Å². The highest BCUT2D eigenvalue weighted by Gasteiger charge is 2.36. The number of nitrogens with one attached hydrogen (secondary N) is 2. The Morgan fingerprint density at radius 1 is 1.16 bits per heavy atom. The van der Waals surface area contributed by atoms with Crippen LogP contribution in [0.1, 0.15) is 27.9 Å². The number of esters is 1. The normalized spacial score (nSPS) is 15.4. The Morgan fingerprint density at radius 3 is 2.53 bits per heavy atom. The number of benzene rings is 2. The third-order valence-electron chi connectivity index (χ3n) is 4.93. The van der Waals surface area contributed by atoms with E-state index >= 15 is 0 Å². The van der Waals surface area contributed by atoms with E-state index in [1.54, 1.807) is 12.1 Å². The van der Waals surface area contributed by atoms with Crippen LogP contribution in [0.2, 0.25) is 5.02 Å². The van der Waals surface area contributed by atoms with Gasteiger partial charge in [0.2, 0.25) is 5.91 Å². The van der Waals surface area contributed by atoms with Gasteiger partial charge in [-0.15, -0.1) is 0 Å². The van der Waals surface area contributed by atoms with Crippen LogP contribution in [-0.2, 0) is 19.1 Å². The number of hydrogen-bond donors (Lipinski definition) is 2. The minimum absolute atomic E-state index is 0.0381. The highest BCUT2D eigenvalue weighted by atomic mass is 79.9. The van der Waals surface area contributed by atoms with E-state index in [-0.39, 0.29) is 13.0 Å². The van der Waals surface area contributed by atoms with E-state index in [2.05, 4.69) is 26.7 Å². The third-order valence-corrected chi connectivity index (χ3v) is 6.03. The van der Waals surface area contributed by atoms with Gasteiger partial charge in [0.25, 0.3) is 11.8 Å². The fourth-order valence-electron chi connectivity index (χ4n) is 3.12. The standard InChI is InChI=1S/C22H21BrClN3O5/c1-12-8-18(13(2)7-17(12)23)25-19(28)11-32-22(31)15-9-20(29)27(10-15)26-21(30)14-3-5-16(24)6-4-14/h3-8,15H,9-11H2,1-2H3,(H,25,28)(H,26,30)/t15-/m1/s1. The zero-order valence-corrected chi connectivity index (χ0v) is 19.7. The zero-order chi connectivity index (χ0) is 23.4. The molecular formula is C22H21BrClN3O5. The van der Waals surface area contributed by atoms with E-state index in [9.17, 15) is 19.2 Å². The molecule has 0 aliphatic carbocycles. The van der Waals surface area contributed by atoms with Crippen molar-refractivity contribution in [3.05, 3.63) is 62.6 Å². The van der Waals surface area contributed by atoms with Gasteiger partial charge >= 0.3 is 5.97 Å². The minimum atomic E-state index is -0.780. The van der Waals surface area contributed by atoms with Gasteiger partial charge in [-0.2, -0.15) is 0 Å². The van der Waals surface area contributed by atoms with Crippen molar-refractivity contribution < 1.29 is 23.9 Å².